The first-order valence-electron chi connectivity index (χ1n) is 9.03. The fraction of sp³-hybridized carbons (Fsp3) is 0.0833. The number of halogens is 1. The molecule has 0 N–H and O–H groups in total. The van der Waals surface area contributed by atoms with Gasteiger partial charge in [-0.2, -0.15) is 0 Å². The number of allylic oxidation sites excluding steroid dienone is 1. The fourth-order valence-electron chi connectivity index (χ4n) is 2.77. The SMILES string of the molecule is COc1cccc(OC)c1C(=O)Oc1cccc(/C=C/C(=O)c2ccc(Br)cc2)c1. The maximum Gasteiger partial charge on any atom is 0.351 e. The van der Waals surface area contributed by atoms with E-state index in [1.807, 2.05) is 18.2 Å². The van der Waals surface area contributed by atoms with Gasteiger partial charge in [-0.05, 0) is 60.2 Å². The van der Waals surface area contributed by atoms with Crippen LogP contribution in [0.5, 0.6) is 17.2 Å². The molecule has 0 unspecified atom stereocenters. The van der Waals surface area contributed by atoms with E-state index in [0.717, 1.165) is 10.0 Å². The van der Waals surface area contributed by atoms with Gasteiger partial charge in [0.15, 0.2) is 5.78 Å². The Morgan fingerprint density at radius 2 is 1.50 bits per heavy atom. The van der Waals surface area contributed by atoms with Crippen molar-refractivity contribution in [1.82, 2.24) is 0 Å². The van der Waals surface area contributed by atoms with E-state index in [0.29, 0.717) is 22.8 Å². The first kappa shape index (κ1) is 21.3. The zero-order chi connectivity index (χ0) is 21.5. The van der Waals surface area contributed by atoms with Crippen LogP contribution in [0.4, 0.5) is 0 Å². The maximum absolute atomic E-state index is 12.7. The van der Waals surface area contributed by atoms with E-state index >= 15 is 0 Å². The Labute approximate surface area is 183 Å². The van der Waals surface area contributed by atoms with Crippen LogP contribution in [-0.4, -0.2) is 26.0 Å². The average molecular weight is 467 g/mol. The molecule has 0 aliphatic heterocycles. The topological polar surface area (TPSA) is 61.8 Å². The summed E-state index contributed by atoms with van der Waals surface area (Å²) in [7, 11) is 2.94. The summed E-state index contributed by atoms with van der Waals surface area (Å²) in [4.78, 5) is 25.0. The lowest BCUT2D eigenvalue weighted by molar-refractivity contribution is 0.0727. The third-order valence-electron chi connectivity index (χ3n) is 4.26. The van der Waals surface area contributed by atoms with Crippen molar-refractivity contribution in [3.05, 3.63) is 94.0 Å². The summed E-state index contributed by atoms with van der Waals surface area (Å²) in [6, 6.07) is 19.0. The van der Waals surface area contributed by atoms with Crippen molar-refractivity contribution in [3.63, 3.8) is 0 Å². The summed E-state index contributed by atoms with van der Waals surface area (Å²) in [5.41, 5.74) is 1.51. The molecule has 0 aromatic heterocycles. The zero-order valence-electron chi connectivity index (χ0n) is 16.4. The number of hydrogen-bond donors (Lipinski definition) is 0. The number of hydrogen-bond acceptors (Lipinski definition) is 5. The van der Waals surface area contributed by atoms with Crippen molar-refractivity contribution in [1.29, 1.82) is 0 Å². The van der Waals surface area contributed by atoms with Crippen molar-refractivity contribution in [2.75, 3.05) is 14.2 Å². The fourth-order valence-corrected chi connectivity index (χ4v) is 3.04. The minimum Gasteiger partial charge on any atom is -0.496 e. The Morgan fingerprint density at radius 3 is 2.13 bits per heavy atom. The molecule has 3 aromatic rings. The third kappa shape index (κ3) is 5.15. The molecular formula is C24H19BrO5. The lowest BCUT2D eigenvalue weighted by Crippen LogP contribution is -2.12. The summed E-state index contributed by atoms with van der Waals surface area (Å²) in [5.74, 6) is 0.331. The van der Waals surface area contributed by atoms with Crippen LogP contribution in [-0.2, 0) is 0 Å². The molecule has 5 nitrogen and oxygen atoms in total. The molecule has 30 heavy (non-hydrogen) atoms. The van der Waals surface area contributed by atoms with Crippen LogP contribution in [0.2, 0.25) is 0 Å². The van der Waals surface area contributed by atoms with Gasteiger partial charge < -0.3 is 14.2 Å². The number of methoxy groups -OCH3 is 2. The van der Waals surface area contributed by atoms with Crippen molar-refractivity contribution >= 4 is 33.8 Å². The predicted octanol–water partition coefficient (Wildman–Crippen LogP) is 5.58. The highest BCUT2D eigenvalue weighted by Gasteiger charge is 2.20. The summed E-state index contributed by atoms with van der Waals surface area (Å²) in [5, 5.41) is 0. The van der Waals surface area contributed by atoms with Crippen molar-refractivity contribution in [2.45, 2.75) is 0 Å². The monoisotopic (exact) mass is 466 g/mol. The van der Waals surface area contributed by atoms with E-state index in [1.54, 1.807) is 54.6 Å². The van der Waals surface area contributed by atoms with Gasteiger partial charge in [-0.3, -0.25) is 4.79 Å². The van der Waals surface area contributed by atoms with Crippen LogP contribution in [0, 0.1) is 0 Å². The Bertz CT molecular complexity index is 1060. The molecule has 0 saturated carbocycles. The summed E-state index contributed by atoms with van der Waals surface area (Å²) >= 11 is 3.35. The average Bonchev–Trinajstić information content (AvgIpc) is 2.77. The number of carbonyl (C=O) groups is 2. The molecule has 0 amide bonds. The van der Waals surface area contributed by atoms with E-state index in [4.69, 9.17) is 14.2 Å². The molecular weight excluding hydrogens is 448 g/mol. The number of benzene rings is 3. The summed E-state index contributed by atoms with van der Waals surface area (Å²) in [6.45, 7) is 0. The molecule has 0 heterocycles. The van der Waals surface area contributed by atoms with Gasteiger partial charge in [0.1, 0.15) is 22.8 Å². The first-order chi connectivity index (χ1) is 14.5. The zero-order valence-corrected chi connectivity index (χ0v) is 18.0. The van der Waals surface area contributed by atoms with Crippen molar-refractivity contribution in [3.8, 4) is 17.2 Å². The standard InChI is InChI=1S/C24H19BrO5/c1-28-21-7-4-8-22(29-2)23(21)24(27)30-19-6-3-5-16(15-19)9-14-20(26)17-10-12-18(25)13-11-17/h3-15H,1-2H3/b14-9+. The predicted molar refractivity (Wildman–Crippen MR) is 118 cm³/mol. The van der Waals surface area contributed by atoms with Crippen LogP contribution < -0.4 is 14.2 Å². The largest absolute Gasteiger partial charge is 0.496 e. The molecule has 0 bridgehead atoms. The van der Waals surface area contributed by atoms with Crippen LogP contribution in [0.3, 0.4) is 0 Å². The normalized spacial score (nSPS) is 10.6. The Morgan fingerprint density at radius 1 is 0.867 bits per heavy atom. The molecule has 6 heteroatoms. The highest BCUT2D eigenvalue weighted by molar-refractivity contribution is 9.10. The van der Waals surface area contributed by atoms with E-state index in [2.05, 4.69) is 15.9 Å². The molecule has 0 spiro atoms. The molecule has 0 saturated heterocycles. The van der Waals surface area contributed by atoms with Crippen LogP contribution in [0.15, 0.2) is 77.3 Å². The number of esters is 1. The summed E-state index contributed by atoms with van der Waals surface area (Å²) < 4.78 is 16.9. The highest BCUT2D eigenvalue weighted by Crippen LogP contribution is 2.29. The quantitative estimate of drug-likeness (QED) is 0.197. The smallest absolute Gasteiger partial charge is 0.351 e. The minimum atomic E-state index is -0.601. The Balaban J connectivity index is 1.77. The number of rotatable bonds is 7. The first-order valence-corrected chi connectivity index (χ1v) is 9.82. The van der Waals surface area contributed by atoms with Gasteiger partial charge in [-0.15, -0.1) is 0 Å². The number of carbonyl (C=O) groups excluding carboxylic acids is 2. The molecule has 3 rings (SSSR count). The lowest BCUT2D eigenvalue weighted by atomic mass is 10.1. The molecule has 0 aliphatic rings. The molecule has 0 radical (unpaired) electrons. The lowest BCUT2D eigenvalue weighted by Gasteiger charge is -2.12. The second-order valence-corrected chi connectivity index (χ2v) is 7.12. The van der Waals surface area contributed by atoms with Crippen LogP contribution >= 0.6 is 15.9 Å². The Hall–Kier alpha value is -3.38. The van der Waals surface area contributed by atoms with Gasteiger partial charge in [0, 0.05) is 10.0 Å². The molecule has 0 aliphatic carbocycles. The molecule has 0 fully saturated rings. The van der Waals surface area contributed by atoms with Crippen LogP contribution in [0.1, 0.15) is 26.3 Å². The molecule has 0 atom stereocenters. The maximum atomic E-state index is 12.7. The van der Waals surface area contributed by atoms with Crippen molar-refractivity contribution < 1.29 is 23.8 Å². The summed E-state index contributed by atoms with van der Waals surface area (Å²) in [6.07, 6.45) is 3.15. The van der Waals surface area contributed by atoms with Gasteiger partial charge in [-0.1, -0.05) is 40.2 Å². The van der Waals surface area contributed by atoms with E-state index in [1.165, 1.54) is 20.3 Å². The highest BCUT2D eigenvalue weighted by atomic mass is 79.9. The van der Waals surface area contributed by atoms with Gasteiger partial charge >= 0.3 is 5.97 Å². The van der Waals surface area contributed by atoms with Gasteiger partial charge in [-0.25, -0.2) is 4.79 Å². The van der Waals surface area contributed by atoms with E-state index in [9.17, 15) is 9.59 Å². The van der Waals surface area contributed by atoms with Gasteiger partial charge in [0.25, 0.3) is 0 Å². The van der Waals surface area contributed by atoms with Crippen molar-refractivity contribution in [2.24, 2.45) is 0 Å². The Kier molecular flexibility index (Phi) is 7.03. The van der Waals surface area contributed by atoms with Gasteiger partial charge in [0.05, 0.1) is 14.2 Å². The number of ketones is 1. The molecule has 3 aromatic carbocycles. The van der Waals surface area contributed by atoms with E-state index < -0.39 is 5.97 Å². The third-order valence-corrected chi connectivity index (χ3v) is 4.79. The second-order valence-electron chi connectivity index (χ2n) is 6.20. The van der Waals surface area contributed by atoms with E-state index in [-0.39, 0.29) is 11.3 Å². The van der Waals surface area contributed by atoms with Gasteiger partial charge in [0.2, 0.25) is 0 Å². The van der Waals surface area contributed by atoms with Crippen LogP contribution in [0.25, 0.3) is 6.08 Å². The minimum absolute atomic E-state index is 0.122. The second kappa shape index (κ2) is 9.89. The number of ether oxygens (including phenoxy) is 3. The molecule has 152 valence electrons.